The van der Waals surface area contributed by atoms with Crippen molar-refractivity contribution in [1.82, 2.24) is 5.32 Å². The lowest BCUT2D eigenvalue weighted by Gasteiger charge is -2.30. The molecule has 1 fully saturated rings. The van der Waals surface area contributed by atoms with Gasteiger partial charge in [0.1, 0.15) is 6.54 Å². The van der Waals surface area contributed by atoms with Crippen LogP contribution in [0, 0.1) is 10.1 Å². The van der Waals surface area contributed by atoms with E-state index in [0.29, 0.717) is 12.8 Å². The van der Waals surface area contributed by atoms with Crippen LogP contribution in [0.5, 0.6) is 0 Å². The lowest BCUT2D eigenvalue weighted by molar-refractivity contribution is -0.384. The van der Waals surface area contributed by atoms with Gasteiger partial charge < -0.3 is 10.4 Å². The standard InChI is InChI=1S/C20H23N3O6S/c24-19-12-5-4-11-18(19)21-20(25)14-22(15-7-6-8-16(13-15)23(26)27)30(28,29)17-9-2-1-3-10-17/h1-3,6-10,13,18-19,24H,4-5,11-12,14H2,(H,21,25)/t18-,19+/m0/s1. The molecule has 0 aromatic heterocycles. The van der Waals surface area contributed by atoms with Crippen LogP contribution >= 0.6 is 0 Å². The van der Waals surface area contributed by atoms with E-state index in [9.17, 15) is 28.4 Å². The minimum Gasteiger partial charge on any atom is -0.391 e. The summed E-state index contributed by atoms with van der Waals surface area (Å²) in [5.74, 6) is -0.591. The van der Waals surface area contributed by atoms with E-state index in [1.165, 1.54) is 30.3 Å². The first-order valence-corrected chi connectivity index (χ1v) is 11.0. The average molecular weight is 433 g/mol. The molecule has 1 amide bonds. The van der Waals surface area contributed by atoms with Crippen molar-refractivity contribution in [2.75, 3.05) is 10.8 Å². The second-order valence-corrected chi connectivity index (χ2v) is 8.99. The average Bonchev–Trinajstić information content (AvgIpc) is 2.74. The molecule has 0 unspecified atom stereocenters. The Bertz CT molecular complexity index is 1010. The number of anilines is 1. The van der Waals surface area contributed by atoms with Gasteiger partial charge in [-0.3, -0.25) is 19.2 Å². The molecule has 0 aliphatic heterocycles. The minimum atomic E-state index is -4.16. The van der Waals surface area contributed by atoms with E-state index in [1.54, 1.807) is 18.2 Å². The van der Waals surface area contributed by atoms with Crippen LogP contribution in [0.3, 0.4) is 0 Å². The predicted molar refractivity (Wildman–Crippen MR) is 110 cm³/mol. The molecule has 2 atom stereocenters. The van der Waals surface area contributed by atoms with E-state index in [4.69, 9.17) is 0 Å². The topological polar surface area (TPSA) is 130 Å². The number of amides is 1. The zero-order valence-corrected chi connectivity index (χ0v) is 17.0. The molecule has 3 rings (SSSR count). The molecule has 1 aliphatic carbocycles. The first-order chi connectivity index (χ1) is 14.3. The summed E-state index contributed by atoms with van der Waals surface area (Å²) in [6.07, 6.45) is 2.23. The van der Waals surface area contributed by atoms with Crippen molar-refractivity contribution in [3.05, 3.63) is 64.7 Å². The number of hydrogen-bond donors (Lipinski definition) is 2. The van der Waals surface area contributed by atoms with Crippen molar-refractivity contribution < 1.29 is 23.2 Å². The Morgan fingerprint density at radius 2 is 1.83 bits per heavy atom. The molecule has 0 heterocycles. The fourth-order valence-electron chi connectivity index (χ4n) is 3.46. The molecule has 9 nitrogen and oxygen atoms in total. The third kappa shape index (κ3) is 4.95. The quantitative estimate of drug-likeness (QED) is 0.509. The molecule has 2 N–H and O–H groups in total. The van der Waals surface area contributed by atoms with Crippen LogP contribution in [0.15, 0.2) is 59.5 Å². The smallest absolute Gasteiger partial charge is 0.271 e. The van der Waals surface area contributed by atoms with Crippen molar-refractivity contribution in [2.45, 2.75) is 42.7 Å². The van der Waals surface area contributed by atoms with Gasteiger partial charge in [-0.25, -0.2) is 8.42 Å². The normalized spacial score (nSPS) is 19.1. The van der Waals surface area contributed by atoms with E-state index in [2.05, 4.69) is 5.32 Å². The number of nitro benzene ring substituents is 1. The Hall–Kier alpha value is -2.98. The lowest BCUT2D eigenvalue weighted by Crippen LogP contribution is -2.49. The molecule has 0 spiro atoms. The fraction of sp³-hybridized carbons (Fsp3) is 0.350. The number of non-ortho nitro benzene ring substituents is 1. The lowest BCUT2D eigenvalue weighted by atomic mass is 9.92. The summed E-state index contributed by atoms with van der Waals surface area (Å²) in [6.45, 7) is -0.568. The molecule has 30 heavy (non-hydrogen) atoms. The number of nitrogens with zero attached hydrogens (tertiary/aromatic N) is 2. The Morgan fingerprint density at radius 1 is 1.13 bits per heavy atom. The highest BCUT2D eigenvalue weighted by Gasteiger charge is 2.30. The van der Waals surface area contributed by atoms with Crippen LogP contribution in [0.25, 0.3) is 0 Å². The zero-order chi connectivity index (χ0) is 21.7. The molecule has 160 valence electrons. The van der Waals surface area contributed by atoms with Gasteiger partial charge in [-0.1, -0.05) is 37.1 Å². The summed E-state index contributed by atoms with van der Waals surface area (Å²) in [5, 5.41) is 23.9. The Balaban J connectivity index is 1.92. The molecule has 0 saturated heterocycles. The van der Waals surface area contributed by atoms with E-state index in [1.807, 2.05) is 0 Å². The molecule has 1 aliphatic rings. The number of benzene rings is 2. The number of carbonyl (C=O) groups is 1. The summed E-state index contributed by atoms with van der Waals surface area (Å²) >= 11 is 0. The maximum Gasteiger partial charge on any atom is 0.271 e. The van der Waals surface area contributed by atoms with Gasteiger partial charge in [0, 0.05) is 12.1 Å². The number of aliphatic hydroxyl groups is 1. The largest absolute Gasteiger partial charge is 0.391 e. The van der Waals surface area contributed by atoms with Crippen LogP contribution in [0.4, 0.5) is 11.4 Å². The number of rotatable bonds is 7. The number of carbonyl (C=O) groups excluding carboxylic acids is 1. The molecule has 10 heteroatoms. The number of sulfonamides is 1. The summed E-state index contributed by atoms with van der Waals surface area (Å²) in [6, 6.07) is 12.2. The van der Waals surface area contributed by atoms with Gasteiger partial charge in [0.2, 0.25) is 5.91 Å². The highest BCUT2D eigenvalue weighted by molar-refractivity contribution is 7.92. The summed E-state index contributed by atoms with van der Waals surface area (Å²) < 4.78 is 27.3. The van der Waals surface area contributed by atoms with Crippen LogP contribution in [-0.4, -0.2) is 43.0 Å². The van der Waals surface area contributed by atoms with Gasteiger partial charge in [-0.2, -0.15) is 0 Å². The third-order valence-corrected chi connectivity index (χ3v) is 6.81. The molecule has 0 radical (unpaired) electrons. The van der Waals surface area contributed by atoms with Crippen molar-refractivity contribution in [1.29, 1.82) is 0 Å². The predicted octanol–water partition coefficient (Wildman–Crippen LogP) is 2.21. The number of nitrogens with one attached hydrogen (secondary N) is 1. The Morgan fingerprint density at radius 3 is 2.50 bits per heavy atom. The van der Waals surface area contributed by atoms with Crippen LogP contribution in [0.1, 0.15) is 25.7 Å². The molecular formula is C20H23N3O6S. The van der Waals surface area contributed by atoms with Crippen LogP contribution in [-0.2, 0) is 14.8 Å². The monoisotopic (exact) mass is 433 g/mol. The van der Waals surface area contributed by atoms with Gasteiger partial charge >= 0.3 is 0 Å². The van der Waals surface area contributed by atoms with Crippen LogP contribution in [0.2, 0.25) is 0 Å². The van der Waals surface area contributed by atoms with Gasteiger partial charge in [0.05, 0.1) is 27.7 Å². The van der Waals surface area contributed by atoms with Gasteiger partial charge in [0.15, 0.2) is 0 Å². The molecule has 2 aromatic rings. The highest BCUT2D eigenvalue weighted by Crippen LogP contribution is 2.27. The first kappa shape index (κ1) is 21.7. The second kappa shape index (κ2) is 9.23. The molecular weight excluding hydrogens is 410 g/mol. The summed E-state index contributed by atoms with van der Waals surface area (Å²) in [4.78, 5) is 23.2. The van der Waals surface area contributed by atoms with Crippen molar-refractivity contribution in [2.24, 2.45) is 0 Å². The van der Waals surface area contributed by atoms with Crippen molar-refractivity contribution >= 4 is 27.3 Å². The van der Waals surface area contributed by atoms with Gasteiger partial charge in [0.25, 0.3) is 15.7 Å². The second-order valence-electron chi connectivity index (χ2n) is 7.13. The Kier molecular flexibility index (Phi) is 6.68. The van der Waals surface area contributed by atoms with E-state index in [0.717, 1.165) is 23.2 Å². The SMILES string of the molecule is O=C(CN(c1cccc([N+](=O)[O-])c1)S(=O)(=O)c1ccccc1)N[C@H]1CCCC[C@H]1O. The number of nitro groups is 1. The minimum absolute atomic E-state index is 0.00685. The molecule has 1 saturated carbocycles. The Labute approximate surface area is 174 Å². The molecule has 0 bridgehead atoms. The van der Waals surface area contributed by atoms with Gasteiger partial charge in [-0.15, -0.1) is 0 Å². The maximum atomic E-state index is 13.2. The number of hydrogen-bond acceptors (Lipinski definition) is 6. The fourth-order valence-corrected chi connectivity index (χ4v) is 4.89. The van der Waals surface area contributed by atoms with Crippen LogP contribution < -0.4 is 9.62 Å². The summed E-state index contributed by atoms with van der Waals surface area (Å²) in [5.41, 5.74) is -0.281. The number of aliphatic hydroxyl groups excluding tert-OH is 1. The summed E-state index contributed by atoms with van der Waals surface area (Å²) in [7, 11) is -4.16. The zero-order valence-electron chi connectivity index (χ0n) is 16.2. The van der Waals surface area contributed by atoms with E-state index >= 15 is 0 Å². The third-order valence-electron chi connectivity index (χ3n) is 5.02. The highest BCUT2D eigenvalue weighted by atomic mass is 32.2. The van der Waals surface area contributed by atoms with E-state index < -0.39 is 39.5 Å². The first-order valence-electron chi connectivity index (χ1n) is 9.59. The maximum absolute atomic E-state index is 13.2. The van der Waals surface area contributed by atoms with Crippen molar-refractivity contribution in [3.63, 3.8) is 0 Å². The van der Waals surface area contributed by atoms with E-state index in [-0.39, 0.29) is 16.3 Å². The van der Waals surface area contributed by atoms with Crippen molar-refractivity contribution in [3.8, 4) is 0 Å². The molecule has 2 aromatic carbocycles. The van der Waals surface area contributed by atoms with Gasteiger partial charge in [-0.05, 0) is 31.0 Å².